The van der Waals surface area contributed by atoms with Crippen LogP contribution >= 0.6 is 0 Å². The van der Waals surface area contributed by atoms with E-state index in [1.165, 1.54) is 33.4 Å². The number of aryl methyl sites for hydroxylation is 3. The van der Waals surface area contributed by atoms with Gasteiger partial charge in [-0.3, -0.25) is 0 Å². The summed E-state index contributed by atoms with van der Waals surface area (Å²) in [5, 5.41) is 8.57. The van der Waals surface area contributed by atoms with Crippen molar-refractivity contribution in [3.8, 4) is 0 Å². The fourth-order valence-corrected chi connectivity index (χ4v) is 11.7. The summed E-state index contributed by atoms with van der Waals surface area (Å²) >= 11 is 0. The second-order valence-electron chi connectivity index (χ2n) is 20.9. The lowest BCUT2D eigenvalue weighted by atomic mass is 9.78. The number of furan rings is 3. The quantitative estimate of drug-likeness (QED) is 0.176. The first-order valence-electron chi connectivity index (χ1n) is 23.9. The Bertz CT molecular complexity index is 4060. The monoisotopic (exact) mass is 884 g/mol. The minimum atomic E-state index is -0.206. The second kappa shape index (κ2) is 14.4. The van der Waals surface area contributed by atoms with Crippen LogP contribution in [0.25, 0.3) is 76.6 Å². The number of rotatable bonds is 4. The van der Waals surface area contributed by atoms with Crippen LogP contribution in [-0.4, -0.2) is 0 Å². The molecule has 0 amide bonds. The molecule has 5 heteroatoms. The maximum absolute atomic E-state index is 7.39. The van der Waals surface area contributed by atoms with E-state index in [4.69, 9.17) is 13.3 Å². The number of hydrogen-bond donors (Lipinski definition) is 0. The summed E-state index contributed by atoms with van der Waals surface area (Å²) < 4.78 is 21.9. The minimum Gasteiger partial charge on any atom is -0.454 e. The Balaban J connectivity index is 1.20. The fourth-order valence-electron chi connectivity index (χ4n) is 11.7. The normalized spacial score (nSPS) is 13.9. The molecule has 68 heavy (non-hydrogen) atoms. The van der Waals surface area contributed by atoms with Gasteiger partial charge in [0.15, 0.2) is 16.7 Å². The third kappa shape index (κ3) is 5.94. The molecule has 332 valence electrons. The van der Waals surface area contributed by atoms with Crippen molar-refractivity contribution >= 4 is 111 Å². The zero-order chi connectivity index (χ0) is 46.4. The molecule has 0 spiro atoms. The van der Waals surface area contributed by atoms with Crippen LogP contribution in [0.5, 0.6) is 0 Å². The molecule has 3 aromatic heterocycles. The van der Waals surface area contributed by atoms with Crippen LogP contribution in [0.2, 0.25) is 0 Å². The molecule has 0 unspecified atom stereocenters. The molecule has 0 atom stereocenters. The van der Waals surface area contributed by atoms with Gasteiger partial charge in [0.2, 0.25) is 0 Å². The molecule has 0 fully saturated rings. The molecule has 1 aliphatic heterocycles. The van der Waals surface area contributed by atoms with Gasteiger partial charge in [-0.25, -0.2) is 0 Å². The van der Waals surface area contributed by atoms with E-state index in [0.29, 0.717) is 0 Å². The molecule has 1 aliphatic rings. The highest BCUT2D eigenvalue weighted by Gasteiger charge is 2.34. The maximum atomic E-state index is 7.39. The van der Waals surface area contributed by atoms with Gasteiger partial charge in [0.25, 0.3) is 0 Å². The Morgan fingerprint density at radius 3 is 1.88 bits per heavy atom. The molecule has 0 saturated carbocycles. The van der Waals surface area contributed by atoms with Gasteiger partial charge in [-0.05, 0) is 103 Å². The van der Waals surface area contributed by atoms with E-state index < -0.39 is 0 Å². The number of anilines is 6. The standard InChI is InChI=1S/C63H52N2O3/c1-36-29-37(2)32-40(31-36)64(51-26-15-22-46-44-20-13-24-49(62(4,5)6)57(44)67-59(46)51)55-42-17-9-10-18-43(42)56(61-54(55)48-19-11-12-28-53(48)66-61)65-41-33-38(3)30-39(34-41)35-63(7,8)50-25-14-21-45-47-23-16-27-52(65)60(47)68-58(45)50/h9-34H,35H2,1-8H3. The Kier molecular flexibility index (Phi) is 8.56. The van der Waals surface area contributed by atoms with Crippen molar-refractivity contribution in [3.05, 3.63) is 191 Å². The highest BCUT2D eigenvalue weighted by Crippen LogP contribution is 2.56. The highest BCUT2D eigenvalue weighted by atomic mass is 16.3. The van der Waals surface area contributed by atoms with Gasteiger partial charge >= 0.3 is 0 Å². The van der Waals surface area contributed by atoms with Gasteiger partial charge in [0.1, 0.15) is 16.7 Å². The summed E-state index contributed by atoms with van der Waals surface area (Å²) in [6.45, 7) is 18.0. The van der Waals surface area contributed by atoms with Crippen molar-refractivity contribution in [1.82, 2.24) is 0 Å². The first kappa shape index (κ1) is 40.5. The van der Waals surface area contributed by atoms with Crippen LogP contribution in [0.3, 0.4) is 0 Å². The molecule has 0 aliphatic carbocycles. The molecular formula is C63H52N2O3. The summed E-state index contributed by atoms with van der Waals surface area (Å²) in [4.78, 5) is 4.87. The first-order valence-corrected chi connectivity index (χ1v) is 23.9. The Labute approximate surface area is 395 Å². The van der Waals surface area contributed by atoms with Crippen molar-refractivity contribution in [2.45, 2.75) is 72.6 Å². The third-order valence-corrected chi connectivity index (χ3v) is 14.4. The molecule has 5 nitrogen and oxygen atoms in total. The molecule has 9 aromatic carbocycles. The van der Waals surface area contributed by atoms with Crippen molar-refractivity contribution in [2.75, 3.05) is 9.80 Å². The van der Waals surface area contributed by atoms with E-state index in [0.717, 1.165) is 117 Å². The summed E-state index contributed by atoms with van der Waals surface area (Å²) in [7, 11) is 0. The molecule has 13 rings (SSSR count). The molecule has 0 N–H and O–H groups in total. The van der Waals surface area contributed by atoms with Gasteiger partial charge in [-0.1, -0.05) is 150 Å². The SMILES string of the molecule is Cc1cc2cc(c1)N(c1c3ccccc3c(N(c3cc(C)cc(C)c3)c3cccc4c3oc3c(C(C)(C)C)cccc34)c3c1oc1ccccc13)c1cccc3c1oc1c(cccc13)C(C)(C)C2. The first-order chi connectivity index (χ1) is 32.8. The highest BCUT2D eigenvalue weighted by molar-refractivity contribution is 6.29. The Morgan fingerprint density at radius 1 is 0.515 bits per heavy atom. The lowest BCUT2D eigenvalue weighted by Crippen LogP contribution is -2.21. The smallest absolute Gasteiger partial charge is 0.162 e. The number of para-hydroxylation sites is 5. The Hall–Kier alpha value is -7.76. The minimum absolute atomic E-state index is 0.123. The lowest BCUT2D eigenvalue weighted by molar-refractivity contribution is 0.515. The van der Waals surface area contributed by atoms with E-state index in [9.17, 15) is 0 Å². The molecule has 4 bridgehead atoms. The van der Waals surface area contributed by atoms with Crippen molar-refractivity contribution < 1.29 is 13.3 Å². The topological polar surface area (TPSA) is 45.9 Å². The average molecular weight is 885 g/mol. The lowest BCUT2D eigenvalue weighted by Gasteiger charge is -2.32. The third-order valence-electron chi connectivity index (χ3n) is 14.4. The summed E-state index contributed by atoms with van der Waals surface area (Å²) in [6, 6.07) is 57.7. The molecule has 4 heterocycles. The van der Waals surface area contributed by atoms with Gasteiger partial charge < -0.3 is 23.1 Å². The summed E-state index contributed by atoms with van der Waals surface area (Å²) in [5.74, 6) is 0. The zero-order valence-corrected chi connectivity index (χ0v) is 39.8. The number of hydrogen-bond acceptors (Lipinski definition) is 5. The number of fused-ring (bicyclic) bond motifs is 10. The average Bonchev–Trinajstić information content (AvgIpc) is 4.01. The largest absolute Gasteiger partial charge is 0.454 e. The van der Waals surface area contributed by atoms with Crippen LogP contribution in [0.4, 0.5) is 34.1 Å². The number of nitrogens with zero attached hydrogens (tertiary/aromatic N) is 2. The fraction of sp³-hybridized carbons (Fsp3) is 0.175. The zero-order valence-electron chi connectivity index (χ0n) is 39.8. The molecular weight excluding hydrogens is 833 g/mol. The van der Waals surface area contributed by atoms with E-state index in [-0.39, 0.29) is 10.8 Å². The number of benzene rings is 9. The summed E-state index contributed by atoms with van der Waals surface area (Å²) in [5.41, 5.74) is 18.0. The van der Waals surface area contributed by atoms with Crippen molar-refractivity contribution in [2.24, 2.45) is 0 Å². The van der Waals surface area contributed by atoms with Crippen LogP contribution in [0.15, 0.2) is 171 Å². The van der Waals surface area contributed by atoms with Gasteiger partial charge in [0, 0.05) is 60.2 Å². The predicted octanol–water partition coefficient (Wildman–Crippen LogP) is 18.5. The maximum Gasteiger partial charge on any atom is 0.162 e. The second-order valence-corrected chi connectivity index (χ2v) is 20.9. The van der Waals surface area contributed by atoms with Gasteiger partial charge in [0.05, 0.1) is 28.1 Å². The van der Waals surface area contributed by atoms with Crippen molar-refractivity contribution in [3.63, 3.8) is 0 Å². The van der Waals surface area contributed by atoms with E-state index in [1.807, 2.05) is 0 Å². The van der Waals surface area contributed by atoms with E-state index in [2.05, 4.69) is 223 Å². The van der Waals surface area contributed by atoms with E-state index >= 15 is 0 Å². The Morgan fingerprint density at radius 2 is 1.12 bits per heavy atom. The van der Waals surface area contributed by atoms with Crippen LogP contribution in [0, 0.1) is 20.8 Å². The van der Waals surface area contributed by atoms with E-state index in [1.54, 1.807) is 0 Å². The van der Waals surface area contributed by atoms with Gasteiger partial charge in [-0.15, -0.1) is 0 Å². The molecule has 12 aromatic rings. The predicted molar refractivity (Wildman–Crippen MR) is 285 cm³/mol. The van der Waals surface area contributed by atoms with Crippen molar-refractivity contribution in [1.29, 1.82) is 0 Å². The summed E-state index contributed by atoms with van der Waals surface area (Å²) in [6.07, 6.45) is 0.837. The molecule has 0 saturated heterocycles. The van der Waals surface area contributed by atoms with Crippen LogP contribution in [-0.2, 0) is 17.3 Å². The molecule has 0 radical (unpaired) electrons. The van der Waals surface area contributed by atoms with Crippen LogP contribution in [0.1, 0.15) is 68.0 Å². The van der Waals surface area contributed by atoms with Gasteiger partial charge in [-0.2, -0.15) is 0 Å². The van der Waals surface area contributed by atoms with Crippen LogP contribution < -0.4 is 9.80 Å².